The van der Waals surface area contributed by atoms with Crippen LogP contribution in [0.3, 0.4) is 0 Å². The number of hydrogen-bond acceptors (Lipinski definition) is 5. The molecule has 0 aliphatic heterocycles. The van der Waals surface area contributed by atoms with Gasteiger partial charge in [-0.05, 0) is 32.1 Å². The molecule has 0 aromatic carbocycles. The summed E-state index contributed by atoms with van der Waals surface area (Å²) < 4.78 is 5.47. The van der Waals surface area contributed by atoms with E-state index in [1.807, 2.05) is 6.08 Å². The predicted octanol–water partition coefficient (Wildman–Crippen LogP) is 16.9. The molecular formula is C56H109NO5. The molecule has 1 amide bonds. The highest BCUT2D eigenvalue weighted by Crippen LogP contribution is 2.17. The Hall–Kier alpha value is -1.40. The van der Waals surface area contributed by atoms with Crippen LogP contribution in [0.1, 0.15) is 309 Å². The van der Waals surface area contributed by atoms with Crippen LogP contribution < -0.4 is 5.32 Å². The summed E-state index contributed by atoms with van der Waals surface area (Å²) in [5.74, 6) is -0.104. The van der Waals surface area contributed by atoms with Crippen LogP contribution in [0.2, 0.25) is 0 Å². The topological polar surface area (TPSA) is 95.9 Å². The van der Waals surface area contributed by atoms with Gasteiger partial charge in [0.05, 0.1) is 25.4 Å². The maximum atomic E-state index is 12.5. The predicted molar refractivity (Wildman–Crippen MR) is 269 cm³/mol. The second-order valence-corrected chi connectivity index (χ2v) is 19.3. The van der Waals surface area contributed by atoms with E-state index in [9.17, 15) is 19.8 Å². The molecule has 6 nitrogen and oxygen atoms in total. The van der Waals surface area contributed by atoms with Crippen molar-refractivity contribution in [3.05, 3.63) is 12.2 Å². The van der Waals surface area contributed by atoms with Crippen LogP contribution in [0, 0.1) is 0 Å². The molecule has 0 fully saturated rings. The Morgan fingerprint density at radius 1 is 0.435 bits per heavy atom. The molecule has 6 heteroatoms. The summed E-state index contributed by atoms with van der Waals surface area (Å²) in [6, 6.07) is -0.644. The van der Waals surface area contributed by atoms with Gasteiger partial charge in [-0.3, -0.25) is 9.59 Å². The zero-order valence-electron chi connectivity index (χ0n) is 41.9. The molecule has 368 valence electrons. The summed E-state index contributed by atoms with van der Waals surface area (Å²) in [5, 5.41) is 23.1. The number of unbranched alkanes of at least 4 members (excludes halogenated alkanes) is 41. The van der Waals surface area contributed by atoms with Crippen molar-refractivity contribution in [2.75, 3.05) is 13.2 Å². The molecule has 0 heterocycles. The normalized spacial score (nSPS) is 12.6. The van der Waals surface area contributed by atoms with Crippen LogP contribution in [0.4, 0.5) is 0 Å². The first-order valence-electron chi connectivity index (χ1n) is 28.0. The first kappa shape index (κ1) is 60.6. The lowest BCUT2D eigenvalue weighted by molar-refractivity contribution is -0.143. The van der Waals surface area contributed by atoms with E-state index in [1.54, 1.807) is 6.08 Å². The maximum Gasteiger partial charge on any atom is 0.305 e. The van der Waals surface area contributed by atoms with Crippen LogP contribution in [0.15, 0.2) is 12.2 Å². The summed E-state index contributed by atoms with van der Waals surface area (Å²) in [5.41, 5.74) is 0. The number of carbonyl (C=O) groups excluding carboxylic acids is 2. The van der Waals surface area contributed by atoms with E-state index >= 15 is 0 Å². The molecular weight excluding hydrogens is 767 g/mol. The number of rotatable bonds is 52. The van der Waals surface area contributed by atoms with Gasteiger partial charge in [-0.15, -0.1) is 0 Å². The minimum Gasteiger partial charge on any atom is -0.466 e. The van der Waals surface area contributed by atoms with E-state index in [-0.39, 0.29) is 18.5 Å². The van der Waals surface area contributed by atoms with Crippen LogP contribution in [-0.2, 0) is 14.3 Å². The van der Waals surface area contributed by atoms with Crippen molar-refractivity contribution >= 4 is 11.9 Å². The second-order valence-electron chi connectivity index (χ2n) is 19.3. The molecule has 0 saturated carbocycles. The number of nitrogens with one attached hydrogen (secondary N) is 1. The lowest BCUT2D eigenvalue weighted by atomic mass is 10.0. The number of amides is 1. The fourth-order valence-electron chi connectivity index (χ4n) is 8.75. The largest absolute Gasteiger partial charge is 0.466 e. The molecule has 2 unspecified atom stereocenters. The number of aliphatic hydroxyl groups excluding tert-OH is 2. The second kappa shape index (κ2) is 52.2. The number of carbonyl (C=O) groups is 2. The molecule has 3 N–H and O–H groups in total. The summed E-state index contributed by atoms with van der Waals surface area (Å²) >= 11 is 0. The monoisotopic (exact) mass is 876 g/mol. The van der Waals surface area contributed by atoms with Crippen molar-refractivity contribution in [2.45, 2.75) is 321 Å². The summed E-state index contributed by atoms with van der Waals surface area (Å²) in [4.78, 5) is 24.5. The van der Waals surface area contributed by atoms with Crippen molar-refractivity contribution in [1.82, 2.24) is 5.32 Å². The Morgan fingerprint density at radius 3 is 1.10 bits per heavy atom. The summed E-state index contributed by atoms with van der Waals surface area (Å²) in [7, 11) is 0. The minimum absolute atomic E-state index is 0.0167. The van der Waals surface area contributed by atoms with Crippen molar-refractivity contribution in [2.24, 2.45) is 0 Å². The average Bonchev–Trinajstić information content (AvgIpc) is 3.27. The zero-order valence-corrected chi connectivity index (χ0v) is 41.9. The Balaban J connectivity index is 3.49. The molecule has 0 aromatic heterocycles. The number of ether oxygens (including phenoxy) is 1. The van der Waals surface area contributed by atoms with E-state index in [2.05, 4.69) is 19.2 Å². The Labute approximate surface area is 387 Å². The van der Waals surface area contributed by atoms with Gasteiger partial charge in [-0.2, -0.15) is 0 Å². The first-order valence-corrected chi connectivity index (χ1v) is 28.0. The van der Waals surface area contributed by atoms with Gasteiger partial charge in [0.25, 0.3) is 0 Å². The highest BCUT2D eigenvalue weighted by Gasteiger charge is 2.18. The smallest absolute Gasteiger partial charge is 0.305 e. The third kappa shape index (κ3) is 48.1. The van der Waals surface area contributed by atoms with E-state index < -0.39 is 12.1 Å². The Kier molecular flexibility index (Phi) is 51.0. The molecule has 0 saturated heterocycles. The number of allylic oxidation sites excluding steroid dienone is 1. The van der Waals surface area contributed by atoms with E-state index in [4.69, 9.17) is 4.74 Å². The maximum absolute atomic E-state index is 12.5. The van der Waals surface area contributed by atoms with E-state index in [0.717, 1.165) is 57.8 Å². The molecule has 0 aliphatic carbocycles. The van der Waals surface area contributed by atoms with Crippen LogP contribution >= 0.6 is 0 Å². The lowest BCUT2D eigenvalue weighted by Crippen LogP contribution is -2.45. The molecule has 0 rings (SSSR count). The van der Waals surface area contributed by atoms with Crippen LogP contribution in [0.25, 0.3) is 0 Å². The van der Waals surface area contributed by atoms with Crippen molar-refractivity contribution in [1.29, 1.82) is 0 Å². The number of esters is 1. The fraction of sp³-hybridized carbons (Fsp3) is 0.929. The number of aliphatic hydroxyl groups is 2. The molecule has 0 aliphatic rings. The fourth-order valence-corrected chi connectivity index (χ4v) is 8.75. The van der Waals surface area contributed by atoms with Gasteiger partial charge < -0.3 is 20.3 Å². The first-order chi connectivity index (χ1) is 30.5. The van der Waals surface area contributed by atoms with Gasteiger partial charge in [0, 0.05) is 12.8 Å². The van der Waals surface area contributed by atoms with Gasteiger partial charge in [0.15, 0.2) is 0 Å². The molecule has 0 radical (unpaired) electrons. The lowest BCUT2D eigenvalue weighted by Gasteiger charge is -2.20. The van der Waals surface area contributed by atoms with Crippen LogP contribution in [0.5, 0.6) is 0 Å². The van der Waals surface area contributed by atoms with Gasteiger partial charge in [0.2, 0.25) is 5.91 Å². The minimum atomic E-state index is -0.858. The van der Waals surface area contributed by atoms with Gasteiger partial charge >= 0.3 is 5.97 Å². The molecule has 0 bridgehead atoms. The number of hydrogen-bond donors (Lipinski definition) is 3. The molecule has 62 heavy (non-hydrogen) atoms. The molecule has 0 spiro atoms. The highest BCUT2D eigenvalue weighted by atomic mass is 16.5. The van der Waals surface area contributed by atoms with Crippen molar-refractivity contribution < 1.29 is 24.5 Å². The van der Waals surface area contributed by atoms with Crippen molar-refractivity contribution in [3.8, 4) is 0 Å². The highest BCUT2D eigenvalue weighted by molar-refractivity contribution is 5.76. The quantitative estimate of drug-likeness (QED) is 0.0321. The molecule has 0 aromatic rings. The zero-order chi connectivity index (χ0) is 45.1. The van der Waals surface area contributed by atoms with Gasteiger partial charge in [-0.1, -0.05) is 276 Å². The van der Waals surface area contributed by atoms with Gasteiger partial charge in [0.1, 0.15) is 0 Å². The van der Waals surface area contributed by atoms with Gasteiger partial charge in [-0.25, -0.2) is 0 Å². The van der Waals surface area contributed by atoms with E-state index in [1.165, 1.54) is 225 Å². The third-order valence-corrected chi connectivity index (χ3v) is 13.1. The van der Waals surface area contributed by atoms with Crippen LogP contribution in [-0.4, -0.2) is 47.4 Å². The standard InChI is InChI=1S/C56H109NO5/c1-3-5-7-9-11-13-15-17-19-21-22-23-24-26-28-32-36-40-44-48-54(59)53(52-58)57-55(60)49-45-41-37-33-30-31-35-39-43-47-51-62-56(61)50-46-42-38-34-29-27-25-20-18-16-14-12-10-8-6-4-2/h44,48,53-54,58-59H,3-43,45-47,49-52H2,1-2H3,(H,57,60)/b48-44+. The van der Waals surface area contributed by atoms with E-state index in [0.29, 0.717) is 19.4 Å². The SMILES string of the molecule is CCCCCCCCCCCCCCCCCCC/C=C/C(O)C(CO)NC(=O)CCCCCCCCCCCCOC(=O)CCCCCCCCCCCCCCCCCC. The summed E-state index contributed by atoms with van der Waals surface area (Å²) in [6.07, 6.45) is 60.8. The molecule has 2 atom stereocenters. The Bertz CT molecular complexity index is 924. The Morgan fingerprint density at radius 2 is 0.742 bits per heavy atom. The van der Waals surface area contributed by atoms with Crippen molar-refractivity contribution in [3.63, 3.8) is 0 Å². The average molecular weight is 876 g/mol. The third-order valence-electron chi connectivity index (χ3n) is 13.1. The summed E-state index contributed by atoms with van der Waals surface area (Å²) in [6.45, 7) is 4.88.